The molecule has 0 atom stereocenters. The van der Waals surface area contributed by atoms with Gasteiger partial charge < -0.3 is 9.26 Å². The highest BCUT2D eigenvalue weighted by molar-refractivity contribution is 5.82. The van der Waals surface area contributed by atoms with Gasteiger partial charge in [0.2, 0.25) is 0 Å². The maximum Gasteiger partial charge on any atom is 0.159 e. The van der Waals surface area contributed by atoms with Gasteiger partial charge in [-0.25, -0.2) is 0 Å². The van der Waals surface area contributed by atoms with Gasteiger partial charge in [-0.15, -0.1) is 0 Å². The van der Waals surface area contributed by atoms with E-state index in [2.05, 4.69) is 51.9 Å². The molecule has 0 radical (unpaired) electrons. The summed E-state index contributed by atoms with van der Waals surface area (Å²) in [5, 5.41) is 3.77. The first-order chi connectivity index (χ1) is 11.2. The monoisotopic (exact) mass is 325 g/mol. The van der Waals surface area contributed by atoms with Gasteiger partial charge in [-0.2, -0.15) is 0 Å². The molecular formula is C21H27NO2. The van der Waals surface area contributed by atoms with E-state index in [1.165, 1.54) is 24.0 Å². The first-order valence-corrected chi connectivity index (χ1v) is 8.57. The number of rotatable bonds is 3. The lowest BCUT2D eigenvalue weighted by atomic mass is 9.62. The van der Waals surface area contributed by atoms with E-state index in [9.17, 15) is 0 Å². The molecule has 1 aliphatic carbocycles. The second kappa shape index (κ2) is 5.80. The normalized spacial score (nSPS) is 19.0. The Balaban J connectivity index is 2.18. The van der Waals surface area contributed by atoms with E-state index in [1.54, 1.807) is 13.3 Å². The van der Waals surface area contributed by atoms with Crippen molar-refractivity contribution in [3.05, 3.63) is 46.8 Å². The summed E-state index contributed by atoms with van der Waals surface area (Å²) in [5.74, 6) is 1.68. The lowest BCUT2D eigenvalue weighted by Gasteiger charge is -2.42. The molecule has 1 aromatic carbocycles. The van der Waals surface area contributed by atoms with Gasteiger partial charge in [-0.05, 0) is 65.5 Å². The summed E-state index contributed by atoms with van der Waals surface area (Å²) in [6.07, 6.45) is 6.07. The summed E-state index contributed by atoms with van der Waals surface area (Å²) in [6.45, 7) is 11.4. The van der Waals surface area contributed by atoms with Crippen LogP contribution >= 0.6 is 0 Å². The van der Waals surface area contributed by atoms with E-state index in [1.807, 2.05) is 12.1 Å². The minimum absolute atomic E-state index is 0.179. The van der Waals surface area contributed by atoms with Gasteiger partial charge in [0.15, 0.2) is 5.76 Å². The zero-order chi connectivity index (χ0) is 17.5. The van der Waals surface area contributed by atoms with Crippen molar-refractivity contribution in [2.24, 2.45) is 0 Å². The highest BCUT2D eigenvalue weighted by atomic mass is 16.5. The first kappa shape index (κ1) is 16.8. The quantitative estimate of drug-likeness (QED) is 0.737. The molecule has 0 fully saturated rings. The number of benzene rings is 1. The number of ether oxygens (including phenoxy) is 1. The van der Waals surface area contributed by atoms with E-state index in [0.29, 0.717) is 0 Å². The molecule has 24 heavy (non-hydrogen) atoms. The van der Waals surface area contributed by atoms with Crippen LogP contribution in [0.15, 0.2) is 28.9 Å². The lowest BCUT2D eigenvalue weighted by Crippen LogP contribution is -2.34. The van der Waals surface area contributed by atoms with Gasteiger partial charge in [0, 0.05) is 11.6 Å². The van der Waals surface area contributed by atoms with Gasteiger partial charge in [0.05, 0.1) is 13.3 Å². The Morgan fingerprint density at radius 1 is 1.12 bits per heavy atom. The molecule has 0 bridgehead atoms. The third-order valence-electron chi connectivity index (χ3n) is 5.41. The molecule has 1 aromatic heterocycles. The molecule has 3 nitrogen and oxygen atoms in total. The van der Waals surface area contributed by atoms with Crippen molar-refractivity contribution in [1.29, 1.82) is 0 Å². The number of hydrogen-bond donors (Lipinski definition) is 0. The summed E-state index contributed by atoms with van der Waals surface area (Å²) in [7, 11) is 1.74. The minimum Gasteiger partial charge on any atom is -0.496 e. The van der Waals surface area contributed by atoms with Crippen molar-refractivity contribution in [3.8, 4) is 5.75 Å². The van der Waals surface area contributed by atoms with Crippen LogP contribution in [0.25, 0.3) is 11.6 Å². The predicted octanol–water partition coefficient (Wildman–Crippen LogP) is 5.59. The van der Waals surface area contributed by atoms with Crippen LogP contribution in [0.2, 0.25) is 0 Å². The van der Waals surface area contributed by atoms with Gasteiger partial charge in [0.1, 0.15) is 5.75 Å². The van der Waals surface area contributed by atoms with Crippen LogP contribution in [0.1, 0.15) is 69.9 Å². The van der Waals surface area contributed by atoms with Crippen LogP contribution in [0.3, 0.4) is 0 Å². The fourth-order valence-corrected chi connectivity index (χ4v) is 3.66. The average Bonchev–Trinajstić information content (AvgIpc) is 3.03. The molecule has 0 saturated heterocycles. The summed E-state index contributed by atoms with van der Waals surface area (Å²) >= 11 is 0. The zero-order valence-corrected chi connectivity index (χ0v) is 15.6. The van der Waals surface area contributed by atoms with Crippen molar-refractivity contribution in [2.75, 3.05) is 7.11 Å². The van der Waals surface area contributed by atoms with E-state index in [-0.39, 0.29) is 10.8 Å². The zero-order valence-electron chi connectivity index (χ0n) is 15.6. The van der Waals surface area contributed by atoms with E-state index < -0.39 is 0 Å². The molecule has 0 amide bonds. The highest BCUT2D eigenvalue weighted by Gasteiger charge is 2.37. The van der Waals surface area contributed by atoms with Gasteiger partial charge in [-0.3, -0.25) is 0 Å². The molecule has 3 heteroatoms. The van der Waals surface area contributed by atoms with Crippen LogP contribution < -0.4 is 4.74 Å². The Morgan fingerprint density at radius 3 is 2.29 bits per heavy atom. The number of hydrogen-bond acceptors (Lipinski definition) is 3. The summed E-state index contributed by atoms with van der Waals surface area (Å²) in [4.78, 5) is 0. The molecular weight excluding hydrogens is 298 g/mol. The molecule has 0 aliphatic heterocycles. The Labute approximate surface area is 144 Å². The summed E-state index contributed by atoms with van der Waals surface area (Å²) in [6, 6.07) is 6.42. The molecule has 1 heterocycles. The van der Waals surface area contributed by atoms with Crippen molar-refractivity contribution in [2.45, 2.75) is 58.3 Å². The van der Waals surface area contributed by atoms with Crippen LogP contribution in [0, 0.1) is 0 Å². The summed E-state index contributed by atoms with van der Waals surface area (Å²) in [5.41, 5.74) is 5.44. The fraction of sp³-hybridized carbons (Fsp3) is 0.476. The number of aromatic nitrogens is 1. The third kappa shape index (κ3) is 2.88. The van der Waals surface area contributed by atoms with E-state index >= 15 is 0 Å². The largest absolute Gasteiger partial charge is 0.496 e. The lowest BCUT2D eigenvalue weighted by molar-refractivity contribution is 0.328. The van der Waals surface area contributed by atoms with Crippen LogP contribution in [-0.4, -0.2) is 12.3 Å². The van der Waals surface area contributed by atoms with Crippen molar-refractivity contribution < 1.29 is 9.26 Å². The predicted molar refractivity (Wildman–Crippen MR) is 98.3 cm³/mol. The van der Waals surface area contributed by atoms with Gasteiger partial charge in [0.25, 0.3) is 0 Å². The smallest absolute Gasteiger partial charge is 0.159 e. The van der Waals surface area contributed by atoms with E-state index in [0.717, 1.165) is 22.6 Å². The molecule has 0 N–H and O–H groups in total. The van der Waals surface area contributed by atoms with Crippen molar-refractivity contribution in [3.63, 3.8) is 0 Å². The molecule has 0 saturated carbocycles. The topological polar surface area (TPSA) is 35.3 Å². The minimum atomic E-state index is 0.179. The van der Waals surface area contributed by atoms with Crippen LogP contribution in [0.5, 0.6) is 5.75 Å². The second-order valence-electron chi connectivity index (χ2n) is 8.11. The number of allylic oxidation sites excluding steroid dienone is 1. The molecule has 1 aliphatic rings. The maximum absolute atomic E-state index is 5.73. The molecule has 3 rings (SSSR count). The van der Waals surface area contributed by atoms with Crippen LogP contribution in [-0.2, 0) is 10.8 Å². The Hall–Kier alpha value is -2.03. The van der Waals surface area contributed by atoms with Crippen molar-refractivity contribution >= 4 is 11.6 Å². The molecule has 0 unspecified atom stereocenters. The van der Waals surface area contributed by atoms with Crippen LogP contribution in [0.4, 0.5) is 0 Å². The Kier molecular flexibility index (Phi) is 4.06. The van der Waals surface area contributed by atoms with Crippen molar-refractivity contribution in [1.82, 2.24) is 5.16 Å². The first-order valence-electron chi connectivity index (χ1n) is 8.57. The van der Waals surface area contributed by atoms with Gasteiger partial charge >= 0.3 is 0 Å². The molecule has 2 aromatic rings. The molecule has 0 spiro atoms. The Morgan fingerprint density at radius 2 is 1.75 bits per heavy atom. The Bertz CT molecular complexity index is 767. The standard InChI is InChI=1S/C21H27NO2/c1-14(11-15-7-10-22-24-15)16-12-17-18(13-19(16)23-6)21(4,5)9-8-20(17,2)3/h7,10-13H,8-9H2,1-6H3. The summed E-state index contributed by atoms with van der Waals surface area (Å²) < 4.78 is 10.9. The number of fused-ring (bicyclic) bond motifs is 1. The average molecular weight is 325 g/mol. The number of methoxy groups -OCH3 is 1. The maximum atomic E-state index is 5.73. The fourth-order valence-electron chi connectivity index (χ4n) is 3.66. The third-order valence-corrected chi connectivity index (χ3v) is 5.41. The number of nitrogens with zero attached hydrogens (tertiary/aromatic N) is 1. The molecule has 128 valence electrons. The SMILES string of the molecule is COc1cc2c(cc1C(C)=Cc1ccno1)C(C)(C)CCC2(C)C. The van der Waals surface area contributed by atoms with E-state index in [4.69, 9.17) is 9.26 Å². The second-order valence-corrected chi connectivity index (χ2v) is 8.11. The van der Waals surface area contributed by atoms with Gasteiger partial charge in [-0.1, -0.05) is 32.9 Å². The highest BCUT2D eigenvalue weighted by Crippen LogP contribution is 2.48.